The number of halogens is 1. The highest BCUT2D eigenvalue weighted by molar-refractivity contribution is 5.97. The van der Waals surface area contributed by atoms with Gasteiger partial charge in [0.25, 0.3) is 0 Å². The summed E-state index contributed by atoms with van der Waals surface area (Å²) in [6, 6.07) is 6.88. The Labute approximate surface area is 144 Å². The van der Waals surface area contributed by atoms with Crippen LogP contribution in [0.4, 0.5) is 11.4 Å². The van der Waals surface area contributed by atoms with Crippen molar-refractivity contribution in [3.05, 3.63) is 24.3 Å². The van der Waals surface area contributed by atoms with E-state index in [2.05, 4.69) is 5.32 Å². The Morgan fingerprint density at radius 1 is 1.35 bits per heavy atom. The van der Waals surface area contributed by atoms with E-state index in [-0.39, 0.29) is 24.2 Å². The van der Waals surface area contributed by atoms with Gasteiger partial charge in [0.15, 0.2) is 0 Å². The lowest BCUT2D eigenvalue weighted by atomic mass is 10.0. The van der Waals surface area contributed by atoms with Crippen molar-refractivity contribution in [3.63, 3.8) is 0 Å². The molecule has 2 amide bonds. The van der Waals surface area contributed by atoms with E-state index in [9.17, 15) is 9.59 Å². The molecule has 2 rings (SSSR count). The molecule has 0 spiro atoms. The predicted octanol–water partition coefficient (Wildman–Crippen LogP) is 2.94. The molecule has 1 aromatic carbocycles. The quantitative estimate of drug-likeness (QED) is 0.866. The third-order valence-corrected chi connectivity index (χ3v) is 3.81. The lowest BCUT2D eigenvalue weighted by molar-refractivity contribution is -0.119. The fourth-order valence-corrected chi connectivity index (χ4v) is 2.68. The number of carbonyl (C=O) groups excluding carboxylic acids is 2. The highest BCUT2D eigenvalue weighted by Gasteiger charge is 2.20. The van der Waals surface area contributed by atoms with Crippen LogP contribution >= 0.6 is 12.4 Å². The molecule has 1 aromatic rings. The van der Waals surface area contributed by atoms with Crippen LogP contribution in [0.15, 0.2) is 24.3 Å². The summed E-state index contributed by atoms with van der Waals surface area (Å²) in [5, 5.41) is 2.84. The third-order valence-electron chi connectivity index (χ3n) is 3.81. The zero-order chi connectivity index (χ0) is 16.1. The van der Waals surface area contributed by atoms with Crippen LogP contribution in [-0.4, -0.2) is 24.4 Å². The maximum Gasteiger partial charge on any atom is 0.241 e. The van der Waals surface area contributed by atoms with Crippen molar-refractivity contribution < 1.29 is 9.59 Å². The lowest BCUT2D eigenvalue weighted by Crippen LogP contribution is -2.37. The van der Waals surface area contributed by atoms with Gasteiger partial charge in [0, 0.05) is 24.3 Å². The van der Waals surface area contributed by atoms with Crippen LogP contribution < -0.4 is 16.0 Å². The Morgan fingerprint density at radius 2 is 2.09 bits per heavy atom. The van der Waals surface area contributed by atoms with E-state index in [0.717, 1.165) is 25.1 Å². The van der Waals surface area contributed by atoms with E-state index in [1.54, 1.807) is 4.90 Å². The second kappa shape index (κ2) is 8.89. The van der Waals surface area contributed by atoms with Crippen LogP contribution in [0.25, 0.3) is 0 Å². The first-order chi connectivity index (χ1) is 10.5. The van der Waals surface area contributed by atoms with Gasteiger partial charge in [-0.1, -0.05) is 19.9 Å². The Morgan fingerprint density at radius 3 is 2.74 bits per heavy atom. The molecule has 23 heavy (non-hydrogen) atoms. The van der Waals surface area contributed by atoms with Crippen LogP contribution in [0.1, 0.15) is 39.5 Å². The van der Waals surface area contributed by atoms with Gasteiger partial charge in [-0.15, -0.1) is 12.4 Å². The van der Waals surface area contributed by atoms with Gasteiger partial charge < -0.3 is 16.0 Å². The molecular formula is C17H26ClN3O2. The molecule has 0 aromatic heterocycles. The second-order valence-electron chi connectivity index (χ2n) is 6.28. The van der Waals surface area contributed by atoms with Crippen molar-refractivity contribution in [3.8, 4) is 0 Å². The molecule has 0 saturated carbocycles. The van der Waals surface area contributed by atoms with Crippen LogP contribution in [0, 0.1) is 5.92 Å². The second-order valence-corrected chi connectivity index (χ2v) is 6.28. The molecule has 0 aliphatic carbocycles. The fraction of sp³-hybridized carbons (Fsp3) is 0.529. The number of nitrogens with one attached hydrogen (secondary N) is 1. The summed E-state index contributed by atoms with van der Waals surface area (Å²) < 4.78 is 0. The molecule has 0 unspecified atom stereocenters. The number of hydrogen-bond acceptors (Lipinski definition) is 3. The average Bonchev–Trinajstić information content (AvgIpc) is 2.47. The molecule has 0 bridgehead atoms. The van der Waals surface area contributed by atoms with E-state index in [1.165, 1.54) is 0 Å². The molecule has 1 saturated heterocycles. The zero-order valence-corrected chi connectivity index (χ0v) is 14.6. The van der Waals surface area contributed by atoms with E-state index in [1.807, 2.05) is 38.1 Å². The third kappa shape index (κ3) is 5.52. The summed E-state index contributed by atoms with van der Waals surface area (Å²) in [7, 11) is 0. The van der Waals surface area contributed by atoms with Crippen molar-refractivity contribution in [1.82, 2.24) is 0 Å². The summed E-state index contributed by atoms with van der Waals surface area (Å²) in [5.74, 6) is 0.333. The van der Waals surface area contributed by atoms with Crippen LogP contribution in [-0.2, 0) is 9.59 Å². The lowest BCUT2D eigenvalue weighted by Gasteiger charge is -2.27. The van der Waals surface area contributed by atoms with Crippen molar-refractivity contribution >= 4 is 35.6 Å². The molecule has 1 atom stereocenters. The number of nitrogens with two attached hydrogens (primary N) is 1. The first-order valence-corrected chi connectivity index (χ1v) is 7.94. The van der Waals surface area contributed by atoms with Gasteiger partial charge in [0.2, 0.25) is 11.8 Å². The number of amides is 2. The maximum atomic E-state index is 12.1. The van der Waals surface area contributed by atoms with E-state index < -0.39 is 6.04 Å². The highest BCUT2D eigenvalue weighted by atomic mass is 35.5. The Balaban J connectivity index is 0.00000264. The number of piperidine rings is 1. The largest absolute Gasteiger partial charge is 0.325 e. The summed E-state index contributed by atoms with van der Waals surface area (Å²) in [6.45, 7) is 4.81. The Kier molecular flexibility index (Phi) is 7.52. The number of rotatable bonds is 5. The summed E-state index contributed by atoms with van der Waals surface area (Å²) in [6.07, 6.45) is 3.21. The number of hydrogen-bond donors (Lipinski definition) is 2. The SMILES string of the molecule is CC(C)C[C@H](N)C(=O)Nc1cccc(N2CCCCC2=O)c1.Cl. The van der Waals surface area contributed by atoms with Gasteiger partial charge >= 0.3 is 0 Å². The van der Waals surface area contributed by atoms with E-state index in [4.69, 9.17) is 5.73 Å². The van der Waals surface area contributed by atoms with Crippen molar-refractivity contribution in [2.24, 2.45) is 11.7 Å². The molecule has 5 nitrogen and oxygen atoms in total. The van der Waals surface area contributed by atoms with Crippen LogP contribution in [0.2, 0.25) is 0 Å². The molecule has 6 heteroatoms. The van der Waals surface area contributed by atoms with Crippen molar-refractivity contribution in [2.45, 2.75) is 45.6 Å². The first-order valence-electron chi connectivity index (χ1n) is 7.94. The minimum absolute atomic E-state index is 0. The van der Waals surface area contributed by atoms with Crippen molar-refractivity contribution in [2.75, 3.05) is 16.8 Å². The van der Waals surface area contributed by atoms with Crippen molar-refractivity contribution in [1.29, 1.82) is 0 Å². The summed E-state index contributed by atoms with van der Waals surface area (Å²) >= 11 is 0. The Hall–Kier alpha value is -1.59. The minimum atomic E-state index is -0.514. The fourth-order valence-electron chi connectivity index (χ4n) is 2.68. The molecule has 1 aliphatic heterocycles. The average molecular weight is 340 g/mol. The summed E-state index contributed by atoms with van der Waals surface area (Å²) in [5.41, 5.74) is 7.41. The van der Waals surface area contributed by atoms with Gasteiger partial charge in [0.05, 0.1) is 6.04 Å². The van der Waals surface area contributed by atoms with Gasteiger partial charge in [-0.3, -0.25) is 9.59 Å². The molecule has 0 radical (unpaired) electrons. The summed E-state index contributed by atoms with van der Waals surface area (Å²) in [4.78, 5) is 25.8. The van der Waals surface area contributed by atoms with Gasteiger partial charge in [-0.05, 0) is 43.4 Å². The normalized spacial score (nSPS) is 16.0. The van der Waals surface area contributed by atoms with E-state index >= 15 is 0 Å². The molecular weight excluding hydrogens is 314 g/mol. The topological polar surface area (TPSA) is 75.4 Å². The van der Waals surface area contributed by atoms with Crippen LogP contribution in [0.5, 0.6) is 0 Å². The van der Waals surface area contributed by atoms with E-state index in [0.29, 0.717) is 24.4 Å². The number of carbonyl (C=O) groups is 2. The highest BCUT2D eigenvalue weighted by Crippen LogP contribution is 2.24. The molecule has 1 heterocycles. The predicted molar refractivity (Wildman–Crippen MR) is 96.0 cm³/mol. The Bertz CT molecular complexity index is 548. The number of nitrogens with zero attached hydrogens (tertiary/aromatic N) is 1. The molecule has 3 N–H and O–H groups in total. The molecule has 128 valence electrons. The van der Waals surface area contributed by atoms with Crippen LogP contribution in [0.3, 0.4) is 0 Å². The standard InChI is InChI=1S/C17H25N3O2.ClH/c1-12(2)10-15(18)17(22)19-13-6-5-7-14(11-13)20-9-4-3-8-16(20)21;/h5-7,11-12,15H,3-4,8-10,18H2,1-2H3,(H,19,22);1H/t15-;/m0./s1. The zero-order valence-electron chi connectivity index (χ0n) is 13.7. The number of anilines is 2. The maximum absolute atomic E-state index is 12.1. The first kappa shape index (κ1) is 19.5. The smallest absolute Gasteiger partial charge is 0.241 e. The monoisotopic (exact) mass is 339 g/mol. The number of benzene rings is 1. The molecule has 1 aliphatic rings. The minimum Gasteiger partial charge on any atom is -0.325 e. The van der Waals surface area contributed by atoms with Gasteiger partial charge in [-0.25, -0.2) is 0 Å². The van der Waals surface area contributed by atoms with Gasteiger partial charge in [0.1, 0.15) is 0 Å². The molecule has 1 fully saturated rings. The van der Waals surface area contributed by atoms with Gasteiger partial charge in [-0.2, -0.15) is 0 Å².